The van der Waals surface area contributed by atoms with Crippen LogP contribution >= 0.6 is 0 Å². The predicted octanol–water partition coefficient (Wildman–Crippen LogP) is 1.27. The molecular formula is C9H16O3. The molecule has 0 saturated carbocycles. The molecule has 0 amide bonds. The number of carbonyl (C=O) groups is 1. The van der Waals surface area contributed by atoms with Crippen molar-refractivity contribution in [2.75, 3.05) is 0 Å². The molecule has 0 heterocycles. The third kappa shape index (κ3) is 3.53. The Labute approximate surface area is 73.0 Å². The quantitative estimate of drug-likeness (QED) is 0.513. The van der Waals surface area contributed by atoms with Gasteiger partial charge >= 0.3 is 5.97 Å². The third-order valence-electron chi connectivity index (χ3n) is 1.58. The first-order valence-electron chi connectivity index (χ1n) is 3.97. The minimum atomic E-state index is -0.993. The molecule has 0 aliphatic rings. The molecule has 0 bridgehead atoms. The number of hydrogen-bond donors (Lipinski definition) is 1. The van der Waals surface area contributed by atoms with E-state index in [4.69, 9.17) is 4.74 Å². The van der Waals surface area contributed by atoms with Crippen LogP contribution in [0.4, 0.5) is 0 Å². The van der Waals surface area contributed by atoms with E-state index in [1.165, 1.54) is 0 Å². The van der Waals surface area contributed by atoms with Crippen LogP contribution in [-0.2, 0) is 9.53 Å². The molecule has 0 aromatic heterocycles. The van der Waals surface area contributed by atoms with E-state index in [1.54, 1.807) is 13.8 Å². The van der Waals surface area contributed by atoms with Crippen LogP contribution in [0.1, 0.15) is 27.2 Å². The summed E-state index contributed by atoms with van der Waals surface area (Å²) in [5.41, 5.74) is -0.993. The lowest BCUT2D eigenvalue weighted by atomic mass is 10.00. The molecule has 0 aliphatic carbocycles. The first kappa shape index (κ1) is 11.2. The summed E-state index contributed by atoms with van der Waals surface area (Å²) in [4.78, 5) is 10.8. The fourth-order valence-corrected chi connectivity index (χ4v) is 0.915. The molecule has 1 unspecified atom stereocenters. The van der Waals surface area contributed by atoms with Crippen LogP contribution in [0.3, 0.4) is 0 Å². The van der Waals surface area contributed by atoms with Gasteiger partial charge in [-0.15, -0.1) is 0 Å². The molecule has 12 heavy (non-hydrogen) atoms. The third-order valence-corrected chi connectivity index (χ3v) is 1.58. The number of hydrogen-bond acceptors (Lipinski definition) is 3. The monoisotopic (exact) mass is 172 g/mol. The second-order valence-electron chi connectivity index (χ2n) is 3.19. The van der Waals surface area contributed by atoms with E-state index in [0.29, 0.717) is 6.42 Å². The fraction of sp³-hybridized carbons (Fsp3) is 0.667. The van der Waals surface area contributed by atoms with Crippen LogP contribution in [0, 0.1) is 0 Å². The van der Waals surface area contributed by atoms with Crippen LogP contribution < -0.4 is 0 Å². The van der Waals surface area contributed by atoms with Gasteiger partial charge in [-0.2, -0.15) is 0 Å². The standard InChI is InChI=1S/C9H16O3/c1-5-7(9(3,4)11)12-8(10)6-2/h6-7,11H,2,5H2,1,3-4H3. The zero-order chi connectivity index (χ0) is 9.78. The summed E-state index contributed by atoms with van der Waals surface area (Å²) in [6.07, 6.45) is 1.21. The van der Waals surface area contributed by atoms with Gasteiger partial charge in [0.15, 0.2) is 0 Å². The molecule has 3 heteroatoms. The smallest absolute Gasteiger partial charge is 0.330 e. The van der Waals surface area contributed by atoms with Crippen LogP contribution in [0.5, 0.6) is 0 Å². The molecule has 3 nitrogen and oxygen atoms in total. The maximum absolute atomic E-state index is 10.8. The minimum absolute atomic E-state index is 0.469. The summed E-state index contributed by atoms with van der Waals surface area (Å²) in [6.45, 7) is 8.34. The van der Waals surface area contributed by atoms with Gasteiger partial charge in [-0.3, -0.25) is 0 Å². The van der Waals surface area contributed by atoms with Crippen molar-refractivity contribution in [1.82, 2.24) is 0 Å². The van der Waals surface area contributed by atoms with Gasteiger partial charge in [-0.05, 0) is 20.3 Å². The highest BCUT2D eigenvalue weighted by atomic mass is 16.6. The molecule has 0 aromatic carbocycles. The van der Waals surface area contributed by atoms with Gasteiger partial charge in [-0.25, -0.2) is 4.79 Å². The van der Waals surface area contributed by atoms with Crippen molar-refractivity contribution in [3.63, 3.8) is 0 Å². The summed E-state index contributed by atoms with van der Waals surface area (Å²) >= 11 is 0. The zero-order valence-corrected chi connectivity index (χ0v) is 7.83. The lowest BCUT2D eigenvalue weighted by Gasteiger charge is -2.27. The highest BCUT2D eigenvalue weighted by Crippen LogP contribution is 2.15. The minimum Gasteiger partial charge on any atom is -0.456 e. The molecule has 0 aliphatic heterocycles. The number of aliphatic hydroxyl groups is 1. The second-order valence-corrected chi connectivity index (χ2v) is 3.19. The lowest BCUT2D eigenvalue weighted by Crippen LogP contribution is -2.38. The topological polar surface area (TPSA) is 46.5 Å². The van der Waals surface area contributed by atoms with E-state index in [1.807, 2.05) is 6.92 Å². The van der Waals surface area contributed by atoms with E-state index in [-0.39, 0.29) is 0 Å². The van der Waals surface area contributed by atoms with E-state index in [0.717, 1.165) is 6.08 Å². The first-order chi connectivity index (χ1) is 5.41. The van der Waals surface area contributed by atoms with Crippen molar-refractivity contribution < 1.29 is 14.6 Å². The first-order valence-corrected chi connectivity index (χ1v) is 3.97. The average molecular weight is 172 g/mol. The van der Waals surface area contributed by atoms with Crippen molar-refractivity contribution in [3.8, 4) is 0 Å². The Morgan fingerprint density at radius 1 is 1.75 bits per heavy atom. The summed E-state index contributed by atoms with van der Waals surface area (Å²) in [6, 6.07) is 0. The maximum atomic E-state index is 10.8. The molecule has 0 fully saturated rings. The van der Waals surface area contributed by atoms with E-state index >= 15 is 0 Å². The molecule has 0 spiro atoms. The summed E-state index contributed by atoms with van der Waals surface area (Å²) in [7, 11) is 0. The summed E-state index contributed by atoms with van der Waals surface area (Å²) in [5, 5.41) is 9.51. The summed E-state index contributed by atoms with van der Waals surface area (Å²) in [5.74, 6) is -0.496. The lowest BCUT2D eigenvalue weighted by molar-refractivity contribution is -0.156. The maximum Gasteiger partial charge on any atom is 0.330 e. The largest absolute Gasteiger partial charge is 0.456 e. The number of carbonyl (C=O) groups excluding carboxylic acids is 1. The fourth-order valence-electron chi connectivity index (χ4n) is 0.915. The van der Waals surface area contributed by atoms with E-state index in [9.17, 15) is 9.90 Å². The Balaban J connectivity index is 4.18. The van der Waals surface area contributed by atoms with Gasteiger partial charge in [0.05, 0.1) is 5.60 Å². The Hall–Kier alpha value is -0.830. The van der Waals surface area contributed by atoms with Crippen LogP contribution in [0.2, 0.25) is 0 Å². The number of ether oxygens (including phenoxy) is 1. The van der Waals surface area contributed by atoms with Crippen molar-refractivity contribution in [2.45, 2.75) is 38.9 Å². The highest BCUT2D eigenvalue weighted by Gasteiger charge is 2.27. The van der Waals surface area contributed by atoms with Crippen LogP contribution in [-0.4, -0.2) is 22.8 Å². The molecule has 0 rings (SSSR count). The average Bonchev–Trinajstić information content (AvgIpc) is 1.97. The van der Waals surface area contributed by atoms with E-state index in [2.05, 4.69) is 6.58 Å². The Kier molecular flexibility index (Phi) is 3.96. The van der Waals surface area contributed by atoms with Gasteiger partial charge in [0.2, 0.25) is 0 Å². The van der Waals surface area contributed by atoms with E-state index < -0.39 is 17.7 Å². The van der Waals surface area contributed by atoms with Crippen molar-refractivity contribution in [1.29, 1.82) is 0 Å². The summed E-state index contributed by atoms with van der Waals surface area (Å²) < 4.78 is 4.91. The normalized spacial score (nSPS) is 13.7. The highest BCUT2D eigenvalue weighted by molar-refractivity contribution is 5.81. The van der Waals surface area contributed by atoms with Crippen molar-refractivity contribution in [3.05, 3.63) is 12.7 Å². The molecule has 1 atom stereocenters. The van der Waals surface area contributed by atoms with Crippen LogP contribution in [0.25, 0.3) is 0 Å². The molecule has 0 saturated heterocycles. The van der Waals surface area contributed by atoms with Gasteiger partial charge in [0.1, 0.15) is 6.10 Å². The number of esters is 1. The SMILES string of the molecule is C=CC(=O)OC(CC)C(C)(C)O. The second kappa shape index (κ2) is 4.26. The van der Waals surface area contributed by atoms with Gasteiger partial charge in [-0.1, -0.05) is 13.5 Å². The Morgan fingerprint density at radius 3 is 2.50 bits per heavy atom. The molecule has 1 N–H and O–H groups in total. The van der Waals surface area contributed by atoms with Crippen molar-refractivity contribution in [2.24, 2.45) is 0 Å². The molecule has 0 radical (unpaired) electrons. The molecule has 0 aromatic rings. The van der Waals surface area contributed by atoms with Gasteiger partial charge in [0, 0.05) is 6.08 Å². The predicted molar refractivity (Wildman–Crippen MR) is 46.7 cm³/mol. The Bertz CT molecular complexity index is 167. The van der Waals surface area contributed by atoms with Gasteiger partial charge in [0.25, 0.3) is 0 Å². The molecular weight excluding hydrogens is 156 g/mol. The van der Waals surface area contributed by atoms with Crippen molar-refractivity contribution >= 4 is 5.97 Å². The Morgan fingerprint density at radius 2 is 2.25 bits per heavy atom. The van der Waals surface area contributed by atoms with Crippen LogP contribution in [0.15, 0.2) is 12.7 Å². The number of rotatable bonds is 4. The zero-order valence-electron chi connectivity index (χ0n) is 7.83. The van der Waals surface area contributed by atoms with Gasteiger partial charge < -0.3 is 9.84 Å². The molecule has 70 valence electrons.